The lowest BCUT2D eigenvalue weighted by Gasteiger charge is -2.07. The van der Waals surface area contributed by atoms with Crippen molar-refractivity contribution in [1.29, 1.82) is 0 Å². The lowest BCUT2D eigenvalue weighted by Crippen LogP contribution is -2.25. The molecule has 1 rings (SSSR count). The number of ether oxygens (including phenoxy) is 1. The van der Waals surface area contributed by atoms with Gasteiger partial charge in [-0.05, 0) is 31.5 Å². The molecule has 0 radical (unpaired) electrons. The van der Waals surface area contributed by atoms with Crippen molar-refractivity contribution in [2.24, 2.45) is 5.92 Å². The van der Waals surface area contributed by atoms with Crippen molar-refractivity contribution in [3.8, 4) is 0 Å². The van der Waals surface area contributed by atoms with Gasteiger partial charge in [0.25, 0.3) is 10.0 Å². The molecule has 0 saturated heterocycles. The third kappa shape index (κ3) is 6.04. The first-order valence-corrected chi connectivity index (χ1v) is 8.24. The largest absolute Gasteiger partial charge is 0.447 e. The predicted octanol–water partition coefficient (Wildman–Crippen LogP) is 1.34. The molecule has 1 heterocycles. The van der Waals surface area contributed by atoms with Crippen LogP contribution in [0.5, 0.6) is 0 Å². The summed E-state index contributed by atoms with van der Waals surface area (Å²) >= 11 is 0. The highest BCUT2D eigenvalue weighted by molar-refractivity contribution is 7.89. The molecule has 2 N–H and O–H groups in total. The van der Waals surface area contributed by atoms with E-state index in [9.17, 15) is 8.42 Å². The van der Waals surface area contributed by atoms with Gasteiger partial charge in [0.15, 0.2) is 0 Å². The van der Waals surface area contributed by atoms with Gasteiger partial charge < -0.3 is 14.5 Å². The van der Waals surface area contributed by atoms with Crippen molar-refractivity contribution >= 4 is 10.0 Å². The molecule has 20 heavy (non-hydrogen) atoms. The molecule has 0 atom stereocenters. The molecular weight excluding hydrogens is 280 g/mol. The normalized spacial score (nSPS) is 12.2. The highest BCUT2D eigenvalue weighted by atomic mass is 32.2. The van der Waals surface area contributed by atoms with Crippen LogP contribution in [0.25, 0.3) is 0 Å². The summed E-state index contributed by atoms with van der Waals surface area (Å²) in [4.78, 5) is 0. The zero-order valence-corrected chi connectivity index (χ0v) is 13.1. The minimum Gasteiger partial charge on any atom is -0.447 e. The summed E-state index contributed by atoms with van der Waals surface area (Å²) in [5, 5.41) is 2.85. The maximum atomic E-state index is 11.9. The van der Waals surface area contributed by atoms with Gasteiger partial charge in [0.05, 0.1) is 6.54 Å². The Morgan fingerprint density at radius 1 is 1.35 bits per heavy atom. The standard InChI is InChI=1S/C13H24N2O4S/c1-11(2)10-18-8-4-7-15-20(16,17)13-6-5-12(19-13)9-14-3/h5-6,11,14-15H,4,7-10H2,1-3H3. The zero-order chi connectivity index (χ0) is 15.0. The highest BCUT2D eigenvalue weighted by Gasteiger charge is 2.17. The quantitative estimate of drug-likeness (QED) is 0.638. The summed E-state index contributed by atoms with van der Waals surface area (Å²) in [6, 6.07) is 3.11. The minimum atomic E-state index is -3.56. The van der Waals surface area contributed by atoms with Crippen LogP contribution in [0.4, 0.5) is 0 Å². The average Bonchev–Trinajstić information content (AvgIpc) is 2.83. The molecule has 0 aromatic carbocycles. The van der Waals surface area contributed by atoms with Crippen LogP contribution < -0.4 is 10.0 Å². The van der Waals surface area contributed by atoms with Gasteiger partial charge in [-0.1, -0.05) is 13.8 Å². The van der Waals surface area contributed by atoms with Crippen LogP contribution in [0, 0.1) is 5.92 Å². The van der Waals surface area contributed by atoms with Crippen molar-refractivity contribution < 1.29 is 17.6 Å². The number of hydrogen-bond acceptors (Lipinski definition) is 5. The fourth-order valence-electron chi connectivity index (χ4n) is 1.54. The van der Waals surface area contributed by atoms with E-state index in [1.165, 1.54) is 6.07 Å². The Morgan fingerprint density at radius 3 is 2.75 bits per heavy atom. The van der Waals surface area contributed by atoms with Crippen LogP contribution in [-0.2, 0) is 21.3 Å². The van der Waals surface area contributed by atoms with Crippen molar-refractivity contribution in [2.45, 2.75) is 31.9 Å². The van der Waals surface area contributed by atoms with E-state index in [1.54, 1.807) is 13.1 Å². The summed E-state index contributed by atoms with van der Waals surface area (Å²) in [5.41, 5.74) is 0. The van der Waals surface area contributed by atoms with Crippen molar-refractivity contribution in [3.63, 3.8) is 0 Å². The highest BCUT2D eigenvalue weighted by Crippen LogP contribution is 2.13. The second kappa shape index (κ2) is 8.41. The van der Waals surface area contributed by atoms with E-state index in [-0.39, 0.29) is 5.09 Å². The van der Waals surface area contributed by atoms with E-state index < -0.39 is 10.0 Å². The van der Waals surface area contributed by atoms with E-state index >= 15 is 0 Å². The Bertz CT molecular complexity index is 482. The molecule has 0 fully saturated rings. The van der Waals surface area contributed by atoms with Crippen LogP contribution in [0.2, 0.25) is 0 Å². The van der Waals surface area contributed by atoms with Crippen LogP contribution >= 0.6 is 0 Å². The van der Waals surface area contributed by atoms with Gasteiger partial charge in [-0.25, -0.2) is 13.1 Å². The van der Waals surface area contributed by atoms with Crippen LogP contribution in [0.1, 0.15) is 26.0 Å². The molecule has 116 valence electrons. The van der Waals surface area contributed by atoms with E-state index in [0.29, 0.717) is 44.4 Å². The third-order valence-electron chi connectivity index (χ3n) is 2.46. The van der Waals surface area contributed by atoms with Crippen LogP contribution in [0.15, 0.2) is 21.6 Å². The van der Waals surface area contributed by atoms with E-state index in [4.69, 9.17) is 9.15 Å². The topological polar surface area (TPSA) is 80.6 Å². The minimum absolute atomic E-state index is 0.0501. The monoisotopic (exact) mass is 304 g/mol. The van der Waals surface area contributed by atoms with E-state index in [0.717, 1.165) is 0 Å². The maximum Gasteiger partial charge on any atom is 0.273 e. The first-order chi connectivity index (χ1) is 9.45. The van der Waals surface area contributed by atoms with E-state index in [1.807, 2.05) is 0 Å². The second-order valence-corrected chi connectivity index (χ2v) is 6.67. The molecule has 7 heteroatoms. The first kappa shape index (κ1) is 17.2. The summed E-state index contributed by atoms with van der Waals surface area (Å²) in [6.45, 7) is 6.22. The van der Waals surface area contributed by atoms with Crippen molar-refractivity contribution in [2.75, 3.05) is 26.8 Å². The molecule has 0 aliphatic rings. The lowest BCUT2D eigenvalue weighted by atomic mass is 10.2. The molecule has 0 bridgehead atoms. The van der Waals surface area contributed by atoms with Gasteiger partial charge in [-0.15, -0.1) is 0 Å². The van der Waals surface area contributed by atoms with Gasteiger partial charge in [0.1, 0.15) is 5.76 Å². The number of rotatable bonds is 10. The molecule has 0 unspecified atom stereocenters. The SMILES string of the molecule is CNCc1ccc(S(=O)(=O)NCCCOCC(C)C)o1. The molecule has 0 aliphatic heterocycles. The van der Waals surface area contributed by atoms with Gasteiger partial charge in [0.2, 0.25) is 5.09 Å². The third-order valence-corrected chi connectivity index (χ3v) is 3.79. The van der Waals surface area contributed by atoms with Gasteiger partial charge in [0, 0.05) is 19.8 Å². The summed E-state index contributed by atoms with van der Waals surface area (Å²) < 4.78 is 37.0. The Labute approximate surface area is 120 Å². The molecule has 0 aliphatic carbocycles. The Hall–Kier alpha value is -0.890. The molecule has 1 aromatic rings. The van der Waals surface area contributed by atoms with Gasteiger partial charge in [-0.2, -0.15) is 0 Å². The Morgan fingerprint density at radius 2 is 2.10 bits per heavy atom. The second-order valence-electron chi connectivity index (χ2n) is 4.97. The van der Waals surface area contributed by atoms with Gasteiger partial charge >= 0.3 is 0 Å². The number of hydrogen-bond donors (Lipinski definition) is 2. The summed E-state index contributed by atoms with van der Waals surface area (Å²) in [6.07, 6.45) is 0.635. The summed E-state index contributed by atoms with van der Waals surface area (Å²) in [7, 11) is -1.79. The smallest absolute Gasteiger partial charge is 0.273 e. The fraction of sp³-hybridized carbons (Fsp3) is 0.692. The number of sulfonamides is 1. The summed E-state index contributed by atoms with van der Waals surface area (Å²) in [5.74, 6) is 1.08. The Kier molecular flexibility index (Phi) is 7.22. The molecule has 0 spiro atoms. The molecule has 6 nitrogen and oxygen atoms in total. The molecular formula is C13H24N2O4S. The number of furan rings is 1. The molecule has 0 amide bonds. The zero-order valence-electron chi connectivity index (χ0n) is 12.3. The van der Waals surface area contributed by atoms with Crippen LogP contribution in [-0.4, -0.2) is 35.2 Å². The lowest BCUT2D eigenvalue weighted by molar-refractivity contribution is 0.108. The number of nitrogens with one attached hydrogen (secondary N) is 2. The Balaban J connectivity index is 2.33. The fourth-order valence-corrected chi connectivity index (χ4v) is 2.56. The van der Waals surface area contributed by atoms with Crippen LogP contribution in [0.3, 0.4) is 0 Å². The van der Waals surface area contributed by atoms with Crippen molar-refractivity contribution in [3.05, 3.63) is 17.9 Å². The first-order valence-electron chi connectivity index (χ1n) is 6.76. The molecule has 1 aromatic heterocycles. The molecule has 0 saturated carbocycles. The predicted molar refractivity (Wildman–Crippen MR) is 76.9 cm³/mol. The van der Waals surface area contributed by atoms with Gasteiger partial charge in [-0.3, -0.25) is 0 Å². The van der Waals surface area contributed by atoms with E-state index in [2.05, 4.69) is 23.9 Å². The maximum absolute atomic E-state index is 11.9. The average molecular weight is 304 g/mol. The van der Waals surface area contributed by atoms with Crippen molar-refractivity contribution in [1.82, 2.24) is 10.0 Å².